The molecular formula is C18H15ClF3N5O. The summed E-state index contributed by atoms with van der Waals surface area (Å²) in [6.45, 7) is 0.110. The van der Waals surface area contributed by atoms with E-state index in [4.69, 9.17) is 17.3 Å². The zero-order valence-electron chi connectivity index (χ0n) is 14.4. The molecule has 3 rings (SSSR count). The first-order valence-electron chi connectivity index (χ1n) is 8.12. The van der Waals surface area contributed by atoms with Crippen molar-refractivity contribution >= 4 is 23.3 Å². The molecule has 0 atom stereocenters. The van der Waals surface area contributed by atoms with Crippen LogP contribution in [0.4, 0.5) is 19.0 Å². The van der Waals surface area contributed by atoms with Crippen LogP contribution in [0.1, 0.15) is 27.2 Å². The predicted molar refractivity (Wildman–Crippen MR) is 97.6 cm³/mol. The van der Waals surface area contributed by atoms with Crippen LogP contribution in [-0.4, -0.2) is 20.9 Å². The van der Waals surface area contributed by atoms with E-state index in [-0.39, 0.29) is 24.6 Å². The minimum absolute atomic E-state index is 0.0472. The Labute approximate surface area is 163 Å². The predicted octanol–water partition coefficient (Wildman–Crippen LogP) is 3.51. The molecule has 1 heterocycles. The molecule has 0 saturated heterocycles. The van der Waals surface area contributed by atoms with Gasteiger partial charge in [0.1, 0.15) is 0 Å². The van der Waals surface area contributed by atoms with Crippen LogP contribution >= 0.6 is 11.6 Å². The molecule has 1 amide bonds. The van der Waals surface area contributed by atoms with Crippen molar-refractivity contribution < 1.29 is 18.0 Å². The summed E-state index contributed by atoms with van der Waals surface area (Å²) in [7, 11) is 0. The van der Waals surface area contributed by atoms with E-state index in [1.807, 2.05) is 0 Å². The second-order valence-corrected chi connectivity index (χ2v) is 6.36. The SMILES string of the molecule is Nc1c(C(=O)NCc2ccccc2Cl)nnn1Cc1cccc(C(F)(F)F)c1. The molecule has 2 aromatic carbocycles. The number of hydrogen-bond acceptors (Lipinski definition) is 4. The standard InChI is InChI=1S/C18H15ClF3N5O/c19-14-7-2-1-5-12(14)9-24-17(28)15-16(23)27(26-25-15)10-11-4-3-6-13(8-11)18(20,21)22/h1-8H,9-10,23H2,(H,24,28). The zero-order valence-corrected chi connectivity index (χ0v) is 15.1. The van der Waals surface area contributed by atoms with Crippen molar-refractivity contribution in [3.8, 4) is 0 Å². The second kappa shape index (κ2) is 7.89. The lowest BCUT2D eigenvalue weighted by atomic mass is 10.1. The fourth-order valence-electron chi connectivity index (χ4n) is 2.52. The van der Waals surface area contributed by atoms with Gasteiger partial charge in [-0.1, -0.05) is 47.1 Å². The molecule has 0 spiro atoms. The number of hydrogen-bond donors (Lipinski definition) is 2. The van der Waals surface area contributed by atoms with Gasteiger partial charge in [0.15, 0.2) is 11.5 Å². The summed E-state index contributed by atoms with van der Waals surface area (Å²) in [5.41, 5.74) is 6.06. The van der Waals surface area contributed by atoms with E-state index in [0.717, 1.165) is 12.1 Å². The molecule has 0 aliphatic rings. The Kier molecular flexibility index (Phi) is 5.55. The zero-order chi connectivity index (χ0) is 20.3. The fraction of sp³-hybridized carbons (Fsp3) is 0.167. The van der Waals surface area contributed by atoms with Crippen LogP contribution in [0.5, 0.6) is 0 Å². The lowest BCUT2D eigenvalue weighted by molar-refractivity contribution is -0.137. The molecule has 6 nitrogen and oxygen atoms in total. The number of nitrogens with two attached hydrogens (primary N) is 1. The number of anilines is 1. The Morgan fingerprint density at radius 3 is 2.64 bits per heavy atom. The number of nitrogens with zero attached hydrogens (tertiary/aromatic N) is 3. The number of alkyl halides is 3. The Balaban J connectivity index is 1.71. The van der Waals surface area contributed by atoms with Crippen molar-refractivity contribution in [2.75, 3.05) is 5.73 Å². The summed E-state index contributed by atoms with van der Waals surface area (Å²) in [5.74, 6) is -0.609. The highest BCUT2D eigenvalue weighted by Gasteiger charge is 2.30. The van der Waals surface area contributed by atoms with Crippen molar-refractivity contribution in [1.82, 2.24) is 20.3 Å². The van der Waals surface area contributed by atoms with Gasteiger partial charge in [-0.15, -0.1) is 5.10 Å². The average Bonchev–Trinajstić information content (AvgIpc) is 3.01. The minimum Gasteiger partial charge on any atom is -0.382 e. The van der Waals surface area contributed by atoms with Crippen LogP contribution in [0, 0.1) is 0 Å². The van der Waals surface area contributed by atoms with Gasteiger partial charge in [-0.25, -0.2) is 4.68 Å². The normalized spacial score (nSPS) is 11.4. The van der Waals surface area contributed by atoms with Crippen molar-refractivity contribution in [3.05, 3.63) is 75.9 Å². The molecular weight excluding hydrogens is 395 g/mol. The van der Waals surface area contributed by atoms with Crippen LogP contribution in [0.25, 0.3) is 0 Å². The maximum absolute atomic E-state index is 12.8. The number of aromatic nitrogens is 3. The van der Waals surface area contributed by atoms with E-state index in [2.05, 4.69) is 15.6 Å². The number of carbonyl (C=O) groups is 1. The molecule has 146 valence electrons. The Bertz CT molecular complexity index is 1000. The average molecular weight is 410 g/mol. The number of nitrogen functional groups attached to an aromatic ring is 1. The summed E-state index contributed by atoms with van der Waals surface area (Å²) < 4.78 is 39.6. The minimum atomic E-state index is -4.45. The molecule has 0 bridgehead atoms. The highest BCUT2D eigenvalue weighted by molar-refractivity contribution is 6.31. The van der Waals surface area contributed by atoms with Gasteiger partial charge in [0.2, 0.25) is 0 Å². The van der Waals surface area contributed by atoms with E-state index in [1.165, 1.54) is 16.8 Å². The van der Waals surface area contributed by atoms with Crippen molar-refractivity contribution in [2.45, 2.75) is 19.3 Å². The number of nitrogens with one attached hydrogen (secondary N) is 1. The van der Waals surface area contributed by atoms with E-state index < -0.39 is 17.6 Å². The summed E-state index contributed by atoms with van der Waals surface area (Å²) in [4.78, 5) is 12.3. The van der Waals surface area contributed by atoms with Crippen LogP contribution in [0.15, 0.2) is 48.5 Å². The molecule has 0 aliphatic heterocycles. The summed E-state index contributed by atoms with van der Waals surface area (Å²) in [5, 5.41) is 10.6. The van der Waals surface area contributed by atoms with Gasteiger partial charge in [0.05, 0.1) is 12.1 Å². The van der Waals surface area contributed by atoms with E-state index in [0.29, 0.717) is 16.1 Å². The summed E-state index contributed by atoms with van der Waals surface area (Å²) >= 11 is 6.04. The van der Waals surface area contributed by atoms with Crippen LogP contribution in [0.3, 0.4) is 0 Å². The molecule has 1 aromatic heterocycles. The smallest absolute Gasteiger partial charge is 0.382 e. The number of rotatable bonds is 5. The number of carbonyl (C=O) groups excluding carboxylic acids is 1. The third-order valence-electron chi connectivity index (χ3n) is 3.97. The molecule has 28 heavy (non-hydrogen) atoms. The van der Waals surface area contributed by atoms with Gasteiger partial charge in [0.25, 0.3) is 5.91 Å². The fourth-order valence-corrected chi connectivity index (χ4v) is 2.72. The first-order valence-corrected chi connectivity index (χ1v) is 8.50. The van der Waals surface area contributed by atoms with E-state index >= 15 is 0 Å². The van der Waals surface area contributed by atoms with Gasteiger partial charge in [-0.05, 0) is 29.3 Å². The first kappa shape index (κ1) is 19.7. The second-order valence-electron chi connectivity index (χ2n) is 5.95. The summed E-state index contributed by atoms with van der Waals surface area (Å²) in [6.07, 6.45) is -4.45. The van der Waals surface area contributed by atoms with E-state index in [1.54, 1.807) is 24.3 Å². The molecule has 0 unspecified atom stereocenters. The van der Waals surface area contributed by atoms with E-state index in [9.17, 15) is 18.0 Å². The maximum Gasteiger partial charge on any atom is 0.416 e. The lowest BCUT2D eigenvalue weighted by Gasteiger charge is -2.09. The van der Waals surface area contributed by atoms with Gasteiger partial charge in [0, 0.05) is 11.6 Å². The summed E-state index contributed by atoms with van der Waals surface area (Å²) in [6, 6.07) is 11.8. The number of benzene rings is 2. The third kappa shape index (κ3) is 4.42. The van der Waals surface area contributed by atoms with Crippen LogP contribution in [-0.2, 0) is 19.3 Å². The molecule has 10 heteroatoms. The Morgan fingerprint density at radius 1 is 1.18 bits per heavy atom. The molecule has 0 aliphatic carbocycles. The van der Waals surface area contributed by atoms with Gasteiger partial charge < -0.3 is 11.1 Å². The van der Waals surface area contributed by atoms with Gasteiger partial charge in [-0.3, -0.25) is 4.79 Å². The number of halogens is 4. The Morgan fingerprint density at radius 2 is 1.93 bits per heavy atom. The molecule has 0 radical (unpaired) electrons. The molecule has 3 aromatic rings. The van der Waals surface area contributed by atoms with Crippen LogP contribution in [0.2, 0.25) is 5.02 Å². The molecule has 0 saturated carbocycles. The molecule has 3 N–H and O–H groups in total. The van der Waals surface area contributed by atoms with Crippen LogP contribution < -0.4 is 11.1 Å². The van der Waals surface area contributed by atoms with Crippen molar-refractivity contribution in [2.24, 2.45) is 0 Å². The highest BCUT2D eigenvalue weighted by Crippen LogP contribution is 2.29. The third-order valence-corrected chi connectivity index (χ3v) is 4.34. The molecule has 0 fully saturated rings. The van der Waals surface area contributed by atoms with Crippen molar-refractivity contribution in [3.63, 3.8) is 0 Å². The topological polar surface area (TPSA) is 85.8 Å². The lowest BCUT2D eigenvalue weighted by Crippen LogP contribution is -2.24. The first-order chi connectivity index (χ1) is 13.3. The monoisotopic (exact) mass is 409 g/mol. The van der Waals surface area contributed by atoms with Gasteiger partial charge in [-0.2, -0.15) is 13.2 Å². The van der Waals surface area contributed by atoms with Gasteiger partial charge >= 0.3 is 6.18 Å². The van der Waals surface area contributed by atoms with Crippen molar-refractivity contribution in [1.29, 1.82) is 0 Å². The maximum atomic E-state index is 12.8. The largest absolute Gasteiger partial charge is 0.416 e. The quantitative estimate of drug-likeness (QED) is 0.675. The Hall–Kier alpha value is -3.07. The number of amides is 1. The highest BCUT2D eigenvalue weighted by atomic mass is 35.5.